The summed E-state index contributed by atoms with van der Waals surface area (Å²) in [5.74, 6) is -0.270. The highest BCUT2D eigenvalue weighted by atomic mass is 35.5. The molecule has 4 nitrogen and oxygen atoms in total. The first-order valence-electron chi connectivity index (χ1n) is 8.70. The molecule has 0 unspecified atom stereocenters. The molecule has 5 heteroatoms. The molecule has 1 aliphatic rings. The minimum Gasteiger partial charge on any atom is -0.325 e. The Bertz CT molecular complexity index is 818. The largest absolute Gasteiger partial charge is 0.325 e. The fourth-order valence-electron chi connectivity index (χ4n) is 2.92. The monoisotopic (exact) mass is 368 g/mol. The van der Waals surface area contributed by atoms with Crippen molar-refractivity contribution in [3.63, 3.8) is 0 Å². The number of halogens is 1. The maximum Gasteiger partial charge on any atom is 0.225 e. The standard InChI is InChI=1S/C21H21ClN2O2/c22-17-9-10-19(18(15-17)21(26)16-7-3-1-4-8-16)23-20(25)11-14-24-12-5-2-6-13-24/h1-5,7-10,15H,6,11-14H2,(H,23,25). The van der Waals surface area contributed by atoms with Crippen molar-refractivity contribution in [2.75, 3.05) is 25.0 Å². The van der Waals surface area contributed by atoms with Gasteiger partial charge in [-0.05, 0) is 24.6 Å². The van der Waals surface area contributed by atoms with Crippen LogP contribution in [0.3, 0.4) is 0 Å². The van der Waals surface area contributed by atoms with Crippen LogP contribution in [0.5, 0.6) is 0 Å². The van der Waals surface area contributed by atoms with Crippen molar-refractivity contribution in [3.05, 3.63) is 76.8 Å². The van der Waals surface area contributed by atoms with Crippen LogP contribution >= 0.6 is 11.6 Å². The second-order valence-electron chi connectivity index (χ2n) is 6.24. The van der Waals surface area contributed by atoms with E-state index in [9.17, 15) is 9.59 Å². The molecule has 1 N–H and O–H groups in total. The van der Waals surface area contributed by atoms with Crippen LogP contribution in [-0.2, 0) is 4.79 Å². The Balaban J connectivity index is 1.70. The Morgan fingerprint density at radius 3 is 2.62 bits per heavy atom. The van der Waals surface area contributed by atoms with E-state index >= 15 is 0 Å². The Morgan fingerprint density at radius 2 is 1.88 bits per heavy atom. The lowest BCUT2D eigenvalue weighted by atomic mass is 10.0. The van der Waals surface area contributed by atoms with Gasteiger partial charge in [-0.3, -0.25) is 14.5 Å². The average Bonchev–Trinajstić information content (AvgIpc) is 2.69. The number of rotatable bonds is 6. The summed E-state index contributed by atoms with van der Waals surface area (Å²) in [7, 11) is 0. The van der Waals surface area contributed by atoms with Crippen molar-refractivity contribution in [2.45, 2.75) is 12.8 Å². The van der Waals surface area contributed by atoms with Gasteiger partial charge in [0.25, 0.3) is 0 Å². The van der Waals surface area contributed by atoms with Gasteiger partial charge in [0.1, 0.15) is 0 Å². The molecule has 3 rings (SSSR count). The maximum absolute atomic E-state index is 12.8. The zero-order chi connectivity index (χ0) is 18.4. The topological polar surface area (TPSA) is 49.4 Å². The quantitative estimate of drug-likeness (QED) is 0.615. The molecule has 2 aromatic rings. The molecule has 2 aromatic carbocycles. The number of hydrogen-bond donors (Lipinski definition) is 1. The van der Waals surface area contributed by atoms with Gasteiger partial charge in [0, 0.05) is 42.2 Å². The third-order valence-corrected chi connectivity index (χ3v) is 4.57. The second kappa shape index (κ2) is 8.79. The fraction of sp³-hybridized carbons (Fsp3) is 0.238. The van der Waals surface area contributed by atoms with Crippen molar-refractivity contribution in [2.24, 2.45) is 0 Å². The smallest absolute Gasteiger partial charge is 0.225 e. The molecule has 0 saturated heterocycles. The molecular weight excluding hydrogens is 348 g/mol. The molecular formula is C21H21ClN2O2. The highest BCUT2D eigenvalue weighted by molar-refractivity contribution is 6.31. The minimum absolute atomic E-state index is 0.107. The molecule has 1 amide bonds. The van der Waals surface area contributed by atoms with Crippen molar-refractivity contribution in [1.82, 2.24) is 4.90 Å². The van der Waals surface area contributed by atoms with Crippen molar-refractivity contribution in [3.8, 4) is 0 Å². The van der Waals surface area contributed by atoms with Gasteiger partial charge in [0.2, 0.25) is 5.91 Å². The van der Waals surface area contributed by atoms with E-state index in [0.29, 0.717) is 34.8 Å². The van der Waals surface area contributed by atoms with Gasteiger partial charge in [-0.2, -0.15) is 0 Å². The molecule has 0 aromatic heterocycles. The van der Waals surface area contributed by atoms with Gasteiger partial charge in [-0.1, -0.05) is 54.1 Å². The summed E-state index contributed by atoms with van der Waals surface area (Å²) in [6.45, 7) is 2.56. The first kappa shape index (κ1) is 18.4. The number of ketones is 1. The van der Waals surface area contributed by atoms with Crippen LogP contribution < -0.4 is 5.32 Å². The number of nitrogens with one attached hydrogen (secondary N) is 1. The Hall–Kier alpha value is -2.43. The average molecular weight is 369 g/mol. The van der Waals surface area contributed by atoms with E-state index < -0.39 is 0 Å². The van der Waals surface area contributed by atoms with Crippen molar-refractivity contribution < 1.29 is 9.59 Å². The lowest BCUT2D eigenvalue weighted by molar-refractivity contribution is -0.116. The van der Waals surface area contributed by atoms with Crippen LogP contribution in [0.1, 0.15) is 28.8 Å². The molecule has 0 saturated carbocycles. The van der Waals surface area contributed by atoms with E-state index in [1.54, 1.807) is 30.3 Å². The van der Waals surface area contributed by atoms with Crippen LogP contribution in [0.4, 0.5) is 5.69 Å². The number of amides is 1. The summed E-state index contributed by atoms with van der Waals surface area (Å²) >= 11 is 6.07. The predicted molar refractivity (Wildman–Crippen MR) is 105 cm³/mol. The third kappa shape index (κ3) is 4.81. The lowest BCUT2D eigenvalue weighted by Crippen LogP contribution is -2.30. The Labute approximate surface area is 158 Å². The van der Waals surface area contributed by atoms with E-state index in [2.05, 4.69) is 22.4 Å². The van der Waals surface area contributed by atoms with Gasteiger partial charge in [-0.25, -0.2) is 0 Å². The molecule has 0 spiro atoms. The molecule has 1 heterocycles. The molecule has 0 bridgehead atoms. The summed E-state index contributed by atoms with van der Waals surface area (Å²) < 4.78 is 0. The Morgan fingerprint density at radius 1 is 1.08 bits per heavy atom. The van der Waals surface area contributed by atoms with E-state index in [4.69, 9.17) is 11.6 Å². The van der Waals surface area contributed by atoms with Crippen molar-refractivity contribution >= 4 is 29.0 Å². The number of anilines is 1. The lowest BCUT2D eigenvalue weighted by Gasteiger charge is -2.22. The summed E-state index contributed by atoms with van der Waals surface area (Å²) in [6.07, 6.45) is 5.69. The molecule has 0 fully saturated rings. The van der Waals surface area contributed by atoms with Crippen LogP contribution in [0.2, 0.25) is 5.02 Å². The molecule has 134 valence electrons. The van der Waals surface area contributed by atoms with Gasteiger partial charge in [0.15, 0.2) is 5.78 Å². The highest BCUT2D eigenvalue weighted by Gasteiger charge is 2.16. The highest BCUT2D eigenvalue weighted by Crippen LogP contribution is 2.24. The van der Waals surface area contributed by atoms with Gasteiger partial charge < -0.3 is 5.32 Å². The zero-order valence-corrected chi connectivity index (χ0v) is 15.2. The molecule has 26 heavy (non-hydrogen) atoms. The number of carbonyl (C=O) groups is 2. The first-order chi connectivity index (χ1) is 12.6. The van der Waals surface area contributed by atoms with E-state index in [-0.39, 0.29) is 11.7 Å². The first-order valence-corrected chi connectivity index (χ1v) is 9.08. The number of carbonyl (C=O) groups excluding carboxylic acids is 2. The van der Waals surface area contributed by atoms with Gasteiger partial charge >= 0.3 is 0 Å². The SMILES string of the molecule is O=C(CCN1CC=CCC1)Nc1ccc(Cl)cc1C(=O)c1ccccc1. The number of hydrogen-bond acceptors (Lipinski definition) is 3. The molecule has 0 atom stereocenters. The molecule has 0 aliphatic carbocycles. The minimum atomic E-state index is -0.162. The van der Waals surface area contributed by atoms with Crippen molar-refractivity contribution in [1.29, 1.82) is 0 Å². The summed E-state index contributed by atoms with van der Waals surface area (Å²) in [4.78, 5) is 27.4. The third-order valence-electron chi connectivity index (χ3n) is 4.33. The second-order valence-corrected chi connectivity index (χ2v) is 6.68. The fourth-order valence-corrected chi connectivity index (χ4v) is 3.10. The number of nitrogens with zero attached hydrogens (tertiary/aromatic N) is 1. The van der Waals surface area contributed by atoms with Gasteiger partial charge in [-0.15, -0.1) is 0 Å². The number of benzene rings is 2. The summed E-state index contributed by atoms with van der Waals surface area (Å²) in [5.41, 5.74) is 1.45. The Kier molecular flexibility index (Phi) is 6.21. The summed E-state index contributed by atoms with van der Waals surface area (Å²) in [6, 6.07) is 13.9. The predicted octanol–water partition coefficient (Wildman–Crippen LogP) is 4.16. The van der Waals surface area contributed by atoms with Gasteiger partial charge in [0.05, 0.1) is 5.69 Å². The summed E-state index contributed by atoms with van der Waals surface area (Å²) in [5, 5.41) is 3.33. The molecule has 0 radical (unpaired) electrons. The van der Waals surface area contributed by atoms with Crippen LogP contribution in [-0.4, -0.2) is 36.2 Å². The van der Waals surface area contributed by atoms with E-state index in [1.807, 2.05) is 18.2 Å². The normalized spacial score (nSPS) is 14.2. The van der Waals surface area contributed by atoms with Crippen LogP contribution in [0.15, 0.2) is 60.7 Å². The molecule has 1 aliphatic heterocycles. The van der Waals surface area contributed by atoms with Crippen LogP contribution in [0.25, 0.3) is 0 Å². The maximum atomic E-state index is 12.8. The van der Waals surface area contributed by atoms with E-state index in [1.165, 1.54) is 0 Å². The zero-order valence-electron chi connectivity index (χ0n) is 14.5. The van der Waals surface area contributed by atoms with E-state index in [0.717, 1.165) is 19.5 Å². The van der Waals surface area contributed by atoms with Crippen LogP contribution in [0, 0.1) is 0 Å².